The molecule has 0 N–H and O–H groups in total. The highest BCUT2D eigenvalue weighted by Gasteiger charge is 2.14. The Kier molecular flexibility index (Phi) is 2.46. The maximum atomic E-state index is 12.4. The highest BCUT2D eigenvalue weighted by molar-refractivity contribution is 5.47. The molecule has 0 atom stereocenters. The number of rotatable bonds is 3. The highest BCUT2D eigenvalue weighted by Crippen LogP contribution is 2.23. The van der Waals surface area contributed by atoms with Gasteiger partial charge in [0.25, 0.3) is 6.43 Å². The van der Waals surface area contributed by atoms with Crippen LogP contribution in [0.4, 0.5) is 8.78 Å². The third-order valence-corrected chi connectivity index (χ3v) is 1.87. The summed E-state index contributed by atoms with van der Waals surface area (Å²) >= 11 is 0. The largest absolute Gasteiger partial charge is 0.495 e. The lowest BCUT2D eigenvalue weighted by atomic mass is 10.3. The van der Waals surface area contributed by atoms with E-state index in [-0.39, 0.29) is 11.6 Å². The molecule has 2 aromatic rings. The smallest absolute Gasteiger partial charge is 0.283 e. The second-order valence-corrected chi connectivity index (χ2v) is 2.89. The van der Waals surface area contributed by atoms with E-state index >= 15 is 0 Å². The summed E-state index contributed by atoms with van der Waals surface area (Å²) < 4.78 is 41.7. The van der Waals surface area contributed by atoms with E-state index in [4.69, 9.17) is 10.5 Å². The van der Waals surface area contributed by atoms with Crippen LogP contribution in [0.1, 0.15) is 13.5 Å². The minimum absolute atomic E-state index is 0.104. The summed E-state index contributed by atoms with van der Waals surface area (Å²) in [5.74, 6) is 0.424. The predicted molar refractivity (Wildman–Crippen MR) is 51.2 cm³/mol. The summed E-state index contributed by atoms with van der Waals surface area (Å²) in [7, 11) is 1.48. The molecular weight excluding hydrogens is 218 g/mol. The first-order chi connectivity index (χ1) is 8.11. The van der Waals surface area contributed by atoms with E-state index in [0.29, 0.717) is 5.75 Å². The average Bonchev–Trinajstić information content (AvgIpc) is 2.71. The molecule has 4 nitrogen and oxygen atoms in total. The molecule has 0 aliphatic rings. The number of aromatic nitrogens is 2. The van der Waals surface area contributed by atoms with Crippen molar-refractivity contribution in [2.24, 2.45) is 0 Å². The molecule has 0 bridgehead atoms. The van der Waals surface area contributed by atoms with Gasteiger partial charge in [0.15, 0.2) is 0 Å². The monoisotopic (exact) mass is 227 g/mol. The first kappa shape index (κ1) is 9.26. The van der Waals surface area contributed by atoms with Gasteiger partial charge in [0.2, 0.25) is 5.89 Å². The zero-order valence-corrected chi connectivity index (χ0v) is 8.28. The van der Waals surface area contributed by atoms with Gasteiger partial charge < -0.3 is 9.15 Å². The predicted octanol–water partition coefficient (Wildman–Crippen LogP) is 2.68. The summed E-state index contributed by atoms with van der Waals surface area (Å²) in [5.41, 5.74) is -0.413. The third-order valence-electron chi connectivity index (χ3n) is 1.87. The Labute approximate surface area is 91.3 Å². The molecule has 0 spiro atoms. The third kappa shape index (κ3) is 2.00. The van der Waals surface area contributed by atoms with Gasteiger partial charge in [-0.2, -0.15) is 0 Å². The topological polar surface area (TPSA) is 48.2 Å². The van der Waals surface area contributed by atoms with Gasteiger partial charge in [-0.25, -0.2) is 18.7 Å². The zero-order valence-electron chi connectivity index (χ0n) is 9.28. The molecule has 0 aromatic carbocycles. The van der Waals surface area contributed by atoms with Crippen molar-refractivity contribution in [2.75, 3.05) is 7.11 Å². The molecule has 2 heterocycles. The SMILES string of the molecule is [2H]c1oc(-c2ccc(OC)cn2)nc1C(F)F. The number of alkyl halides is 2. The van der Waals surface area contributed by atoms with Gasteiger partial charge >= 0.3 is 0 Å². The van der Waals surface area contributed by atoms with Crippen molar-refractivity contribution in [2.45, 2.75) is 6.43 Å². The molecule has 0 unspecified atom stereocenters. The van der Waals surface area contributed by atoms with Crippen LogP contribution in [0.2, 0.25) is 0 Å². The first-order valence-electron chi connectivity index (χ1n) is 4.87. The Morgan fingerprint density at radius 1 is 1.50 bits per heavy atom. The van der Waals surface area contributed by atoms with E-state index in [1.807, 2.05) is 0 Å². The molecular formula is C10H8F2N2O2. The number of nitrogens with zero attached hydrogens (tertiary/aromatic N) is 2. The van der Waals surface area contributed by atoms with Crippen LogP contribution in [-0.2, 0) is 0 Å². The van der Waals surface area contributed by atoms with Crippen molar-refractivity contribution in [3.8, 4) is 17.3 Å². The second kappa shape index (κ2) is 4.26. The Bertz CT molecular complexity index is 514. The van der Waals surface area contributed by atoms with Crippen LogP contribution in [0.25, 0.3) is 11.6 Å². The number of hydrogen-bond acceptors (Lipinski definition) is 4. The number of oxazole rings is 1. The van der Waals surface area contributed by atoms with Crippen LogP contribution >= 0.6 is 0 Å². The van der Waals surface area contributed by atoms with Crippen molar-refractivity contribution >= 4 is 0 Å². The Morgan fingerprint density at radius 3 is 2.81 bits per heavy atom. The van der Waals surface area contributed by atoms with Gasteiger partial charge in [0.1, 0.15) is 24.7 Å². The van der Waals surface area contributed by atoms with Gasteiger partial charge in [-0.3, -0.25) is 0 Å². The van der Waals surface area contributed by atoms with Crippen LogP contribution in [0.5, 0.6) is 5.75 Å². The molecule has 0 fully saturated rings. The summed E-state index contributed by atoms with van der Waals surface area (Å²) in [6, 6.07) is 3.11. The summed E-state index contributed by atoms with van der Waals surface area (Å²) in [5, 5.41) is 0. The van der Waals surface area contributed by atoms with Crippen LogP contribution in [0, 0.1) is 0 Å². The zero-order chi connectivity index (χ0) is 12.4. The Morgan fingerprint density at radius 2 is 2.31 bits per heavy atom. The number of ether oxygens (including phenoxy) is 1. The average molecular weight is 227 g/mol. The Balaban J connectivity index is 2.36. The lowest BCUT2D eigenvalue weighted by molar-refractivity contribution is 0.146. The molecule has 0 radical (unpaired) electrons. The fraction of sp³-hybridized carbons (Fsp3) is 0.200. The number of pyridine rings is 1. The lowest BCUT2D eigenvalue weighted by Gasteiger charge is -1.98. The van der Waals surface area contributed by atoms with Crippen molar-refractivity contribution in [1.82, 2.24) is 9.97 Å². The lowest BCUT2D eigenvalue weighted by Crippen LogP contribution is -1.88. The van der Waals surface area contributed by atoms with Crippen LogP contribution in [-0.4, -0.2) is 17.1 Å². The number of halogens is 2. The highest BCUT2D eigenvalue weighted by atomic mass is 19.3. The summed E-state index contributed by atoms with van der Waals surface area (Å²) in [4.78, 5) is 7.45. The fourth-order valence-corrected chi connectivity index (χ4v) is 1.09. The molecule has 0 amide bonds. The molecule has 2 rings (SSSR count). The molecule has 2 aromatic heterocycles. The summed E-state index contributed by atoms with van der Waals surface area (Å²) in [6.45, 7) is 0. The molecule has 0 saturated heterocycles. The van der Waals surface area contributed by atoms with Gasteiger partial charge in [-0.1, -0.05) is 0 Å². The van der Waals surface area contributed by atoms with E-state index in [2.05, 4.69) is 9.97 Å². The van der Waals surface area contributed by atoms with E-state index in [9.17, 15) is 8.78 Å². The molecule has 16 heavy (non-hydrogen) atoms. The minimum atomic E-state index is -2.83. The minimum Gasteiger partial charge on any atom is -0.495 e. The van der Waals surface area contributed by atoms with Crippen molar-refractivity contribution in [3.05, 3.63) is 30.3 Å². The summed E-state index contributed by atoms with van der Waals surface area (Å²) in [6.07, 6.45) is -2.07. The van der Waals surface area contributed by atoms with E-state index < -0.39 is 18.4 Å². The van der Waals surface area contributed by atoms with Crippen molar-refractivity contribution < 1.29 is 19.3 Å². The number of methoxy groups -OCH3 is 1. The van der Waals surface area contributed by atoms with E-state index in [1.54, 1.807) is 6.07 Å². The normalized spacial score (nSPS) is 11.6. The Hall–Kier alpha value is -1.98. The van der Waals surface area contributed by atoms with Crippen LogP contribution in [0.3, 0.4) is 0 Å². The molecule has 0 saturated carbocycles. The molecule has 6 heteroatoms. The van der Waals surface area contributed by atoms with Crippen LogP contribution < -0.4 is 4.74 Å². The van der Waals surface area contributed by atoms with Crippen molar-refractivity contribution in [3.63, 3.8) is 0 Å². The molecule has 0 aliphatic heterocycles. The standard InChI is InChI=1S/C10H8F2N2O2/c1-15-6-2-3-7(13-4-6)10-14-8(5-16-10)9(11)12/h2-5,9H,1H3/i5D. The second-order valence-electron chi connectivity index (χ2n) is 2.89. The maximum absolute atomic E-state index is 12.4. The molecule has 0 aliphatic carbocycles. The van der Waals surface area contributed by atoms with Crippen molar-refractivity contribution in [1.29, 1.82) is 0 Å². The van der Waals surface area contributed by atoms with Gasteiger partial charge in [0.05, 0.1) is 13.3 Å². The maximum Gasteiger partial charge on any atom is 0.283 e. The fourth-order valence-electron chi connectivity index (χ4n) is 1.09. The van der Waals surface area contributed by atoms with Gasteiger partial charge in [-0.15, -0.1) is 0 Å². The van der Waals surface area contributed by atoms with E-state index in [0.717, 1.165) is 0 Å². The van der Waals surface area contributed by atoms with Gasteiger partial charge in [-0.05, 0) is 12.1 Å². The first-order valence-corrected chi connectivity index (χ1v) is 4.37. The van der Waals surface area contributed by atoms with Gasteiger partial charge in [0, 0.05) is 0 Å². The van der Waals surface area contributed by atoms with E-state index in [1.165, 1.54) is 19.4 Å². The quantitative estimate of drug-likeness (QED) is 0.808. The number of hydrogen-bond donors (Lipinski definition) is 0. The molecule has 84 valence electrons. The van der Waals surface area contributed by atoms with Crippen LogP contribution in [0.15, 0.2) is 29.0 Å².